The molecule has 4 rings (SSSR count). The van der Waals surface area contributed by atoms with E-state index in [2.05, 4.69) is 4.90 Å². The fourth-order valence-corrected chi connectivity index (χ4v) is 4.16. The number of benzene rings is 2. The van der Waals surface area contributed by atoms with Crippen LogP contribution >= 0.6 is 11.3 Å². The molecular formula is C22H23N3O2S. The van der Waals surface area contributed by atoms with Crippen LogP contribution in [-0.4, -0.2) is 55.2 Å². The summed E-state index contributed by atoms with van der Waals surface area (Å²) in [6, 6.07) is 17.9. The zero-order valence-corrected chi connectivity index (χ0v) is 16.5. The molecule has 0 spiro atoms. The highest BCUT2D eigenvalue weighted by atomic mass is 32.1. The van der Waals surface area contributed by atoms with Crippen LogP contribution in [0.15, 0.2) is 60.7 Å². The Morgan fingerprint density at radius 2 is 1.86 bits per heavy atom. The lowest BCUT2D eigenvalue weighted by atomic mass is 10.2. The Labute approximate surface area is 168 Å². The number of anilines is 1. The number of fused-ring (bicyclic) bond motifs is 1. The minimum absolute atomic E-state index is 0.0452. The van der Waals surface area contributed by atoms with Crippen LogP contribution in [0.2, 0.25) is 0 Å². The molecule has 0 atom stereocenters. The second-order valence-corrected chi connectivity index (χ2v) is 7.66. The van der Waals surface area contributed by atoms with Crippen molar-refractivity contribution in [3.8, 4) is 0 Å². The monoisotopic (exact) mass is 393 g/mol. The van der Waals surface area contributed by atoms with Gasteiger partial charge in [-0.15, -0.1) is 0 Å². The summed E-state index contributed by atoms with van der Waals surface area (Å²) < 4.78 is 6.51. The molecule has 1 amide bonds. The van der Waals surface area contributed by atoms with Crippen LogP contribution in [0.25, 0.3) is 16.3 Å². The average molecular weight is 394 g/mol. The third-order valence-corrected chi connectivity index (χ3v) is 5.80. The number of amides is 1. The van der Waals surface area contributed by atoms with E-state index in [0.29, 0.717) is 6.54 Å². The molecule has 0 bridgehead atoms. The number of aromatic nitrogens is 1. The van der Waals surface area contributed by atoms with Crippen LogP contribution in [0, 0.1) is 0 Å². The minimum Gasteiger partial charge on any atom is -0.379 e. The van der Waals surface area contributed by atoms with Crippen molar-refractivity contribution in [2.45, 2.75) is 0 Å². The van der Waals surface area contributed by atoms with E-state index in [-0.39, 0.29) is 5.91 Å². The van der Waals surface area contributed by atoms with Gasteiger partial charge in [-0.25, -0.2) is 4.98 Å². The van der Waals surface area contributed by atoms with E-state index in [4.69, 9.17) is 9.72 Å². The molecule has 0 saturated carbocycles. The zero-order valence-electron chi connectivity index (χ0n) is 15.7. The summed E-state index contributed by atoms with van der Waals surface area (Å²) in [6.45, 7) is 4.73. The molecule has 5 nitrogen and oxygen atoms in total. The molecule has 0 aliphatic carbocycles. The Bertz CT molecular complexity index is 916. The summed E-state index contributed by atoms with van der Waals surface area (Å²) in [5.74, 6) is -0.0452. The van der Waals surface area contributed by atoms with E-state index < -0.39 is 0 Å². The first-order valence-corrected chi connectivity index (χ1v) is 10.3. The van der Waals surface area contributed by atoms with Gasteiger partial charge < -0.3 is 4.74 Å². The van der Waals surface area contributed by atoms with Crippen LogP contribution in [-0.2, 0) is 9.53 Å². The summed E-state index contributed by atoms with van der Waals surface area (Å²) in [6.07, 6.45) is 3.50. The van der Waals surface area contributed by atoms with Crippen LogP contribution in [0.3, 0.4) is 0 Å². The maximum Gasteiger partial charge on any atom is 0.252 e. The van der Waals surface area contributed by atoms with Gasteiger partial charge in [0.1, 0.15) is 0 Å². The summed E-state index contributed by atoms with van der Waals surface area (Å²) in [7, 11) is 0. The molecule has 2 aromatic carbocycles. The highest BCUT2D eigenvalue weighted by molar-refractivity contribution is 7.22. The van der Waals surface area contributed by atoms with Gasteiger partial charge in [-0.3, -0.25) is 14.6 Å². The first kappa shape index (κ1) is 18.8. The van der Waals surface area contributed by atoms with Crippen molar-refractivity contribution in [2.24, 2.45) is 0 Å². The normalized spacial score (nSPS) is 15.3. The fraction of sp³-hybridized carbons (Fsp3) is 0.273. The molecule has 0 unspecified atom stereocenters. The number of carbonyl (C=O) groups excluding carboxylic acids is 1. The number of nitrogens with zero attached hydrogens (tertiary/aromatic N) is 3. The van der Waals surface area contributed by atoms with Gasteiger partial charge in [0.25, 0.3) is 5.91 Å². The lowest BCUT2D eigenvalue weighted by Gasteiger charge is -2.28. The SMILES string of the molecule is O=C(C=Cc1ccccc1)N(CCN1CCOCC1)c1nc2ccccc2s1. The molecule has 1 aromatic heterocycles. The van der Waals surface area contributed by atoms with Crippen LogP contribution in [0.1, 0.15) is 5.56 Å². The molecule has 0 radical (unpaired) electrons. The van der Waals surface area contributed by atoms with E-state index in [1.54, 1.807) is 22.3 Å². The van der Waals surface area contributed by atoms with Crippen LogP contribution in [0.4, 0.5) is 5.13 Å². The predicted octanol–water partition coefficient (Wildman–Crippen LogP) is 3.67. The maximum atomic E-state index is 13.0. The van der Waals surface area contributed by atoms with Gasteiger partial charge in [0.15, 0.2) is 5.13 Å². The summed E-state index contributed by atoms with van der Waals surface area (Å²) >= 11 is 1.56. The third-order valence-electron chi connectivity index (χ3n) is 4.74. The van der Waals surface area contributed by atoms with Crippen molar-refractivity contribution in [2.75, 3.05) is 44.3 Å². The maximum absolute atomic E-state index is 13.0. The molecule has 144 valence electrons. The topological polar surface area (TPSA) is 45.7 Å². The van der Waals surface area contributed by atoms with Gasteiger partial charge >= 0.3 is 0 Å². The Hall–Kier alpha value is -2.54. The molecule has 0 N–H and O–H groups in total. The van der Waals surface area contributed by atoms with E-state index in [1.807, 2.05) is 60.7 Å². The number of morpholine rings is 1. The van der Waals surface area contributed by atoms with Crippen molar-refractivity contribution in [3.05, 3.63) is 66.2 Å². The van der Waals surface area contributed by atoms with E-state index in [9.17, 15) is 4.79 Å². The van der Waals surface area contributed by atoms with Crippen molar-refractivity contribution < 1.29 is 9.53 Å². The molecular weight excluding hydrogens is 370 g/mol. The molecule has 1 aliphatic heterocycles. The lowest BCUT2D eigenvalue weighted by molar-refractivity contribution is -0.114. The number of hydrogen-bond acceptors (Lipinski definition) is 5. The van der Waals surface area contributed by atoms with Crippen LogP contribution < -0.4 is 4.90 Å². The summed E-state index contributed by atoms with van der Waals surface area (Å²) in [4.78, 5) is 21.9. The Balaban J connectivity index is 1.54. The number of carbonyl (C=O) groups is 1. The van der Waals surface area contributed by atoms with Crippen LogP contribution in [0.5, 0.6) is 0 Å². The van der Waals surface area contributed by atoms with Crippen molar-refractivity contribution in [3.63, 3.8) is 0 Å². The highest BCUT2D eigenvalue weighted by Crippen LogP contribution is 2.28. The Morgan fingerprint density at radius 3 is 2.64 bits per heavy atom. The largest absolute Gasteiger partial charge is 0.379 e. The smallest absolute Gasteiger partial charge is 0.252 e. The third kappa shape index (κ3) is 4.65. The molecule has 28 heavy (non-hydrogen) atoms. The zero-order chi connectivity index (χ0) is 19.2. The van der Waals surface area contributed by atoms with Gasteiger partial charge in [-0.2, -0.15) is 0 Å². The van der Waals surface area contributed by atoms with Crippen molar-refractivity contribution in [1.82, 2.24) is 9.88 Å². The van der Waals surface area contributed by atoms with Gasteiger partial charge in [0.2, 0.25) is 0 Å². The number of thiazole rings is 1. The summed E-state index contributed by atoms with van der Waals surface area (Å²) in [5.41, 5.74) is 1.94. The van der Waals surface area contributed by atoms with Gasteiger partial charge in [-0.1, -0.05) is 53.8 Å². The first-order valence-electron chi connectivity index (χ1n) is 9.50. The highest BCUT2D eigenvalue weighted by Gasteiger charge is 2.20. The average Bonchev–Trinajstić information content (AvgIpc) is 3.18. The standard InChI is InChI=1S/C22H23N3O2S/c26-21(11-10-18-6-2-1-3-7-18)25(13-12-24-14-16-27-17-15-24)22-23-19-8-4-5-9-20(19)28-22/h1-11H,12-17H2. The second kappa shape index (κ2) is 9.10. The summed E-state index contributed by atoms with van der Waals surface area (Å²) in [5, 5.41) is 0.747. The molecule has 1 fully saturated rings. The number of hydrogen-bond donors (Lipinski definition) is 0. The lowest BCUT2D eigenvalue weighted by Crippen LogP contribution is -2.42. The van der Waals surface area contributed by atoms with E-state index in [0.717, 1.165) is 53.8 Å². The minimum atomic E-state index is -0.0452. The first-order chi connectivity index (χ1) is 13.8. The molecule has 6 heteroatoms. The number of ether oxygens (including phenoxy) is 1. The number of rotatable bonds is 6. The van der Waals surface area contributed by atoms with Gasteiger partial charge in [-0.05, 0) is 23.8 Å². The van der Waals surface area contributed by atoms with E-state index >= 15 is 0 Å². The van der Waals surface area contributed by atoms with Gasteiger partial charge in [0.05, 0.1) is 23.4 Å². The molecule has 1 saturated heterocycles. The fourth-order valence-electron chi connectivity index (χ4n) is 3.16. The second-order valence-electron chi connectivity index (χ2n) is 6.65. The predicted molar refractivity (Wildman–Crippen MR) is 115 cm³/mol. The quantitative estimate of drug-likeness (QED) is 0.600. The molecule has 3 aromatic rings. The van der Waals surface area contributed by atoms with Crippen molar-refractivity contribution in [1.29, 1.82) is 0 Å². The molecule has 1 aliphatic rings. The van der Waals surface area contributed by atoms with Crippen molar-refractivity contribution >= 4 is 38.7 Å². The number of para-hydroxylation sites is 1. The Morgan fingerprint density at radius 1 is 1.11 bits per heavy atom. The van der Waals surface area contributed by atoms with Gasteiger partial charge in [0, 0.05) is 32.3 Å². The Kier molecular flexibility index (Phi) is 6.11. The van der Waals surface area contributed by atoms with E-state index in [1.165, 1.54) is 0 Å². The molecule has 2 heterocycles.